The van der Waals surface area contributed by atoms with Gasteiger partial charge in [-0.05, 0) is 19.9 Å². The zero-order valence-electron chi connectivity index (χ0n) is 11.2. The Kier molecular flexibility index (Phi) is 3.97. The van der Waals surface area contributed by atoms with Gasteiger partial charge in [0.05, 0.1) is 17.2 Å². The Labute approximate surface area is 115 Å². The molecule has 0 saturated heterocycles. The van der Waals surface area contributed by atoms with E-state index in [0.29, 0.717) is 0 Å². The van der Waals surface area contributed by atoms with Crippen LogP contribution in [-0.4, -0.2) is 14.7 Å². The molecule has 2 aromatic rings. The fraction of sp³-hybridized carbons (Fsp3) is 0.308. The highest BCUT2D eigenvalue weighted by molar-refractivity contribution is 5.62. The highest BCUT2D eigenvalue weighted by Gasteiger charge is 2.17. The molecule has 0 fully saturated rings. The Morgan fingerprint density at radius 1 is 1.55 bits per heavy atom. The number of nitrogens with zero attached hydrogens (tertiary/aromatic N) is 3. The SMILES string of the molecule is CCn1cc(C(C)Nc2cc(F)ccc2[N+](=O)[O-])cn1. The van der Waals surface area contributed by atoms with E-state index in [1.54, 1.807) is 10.9 Å². The van der Waals surface area contributed by atoms with Crippen LogP contribution >= 0.6 is 0 Å². The van der Waals surface area contributed by atoms with E-state index in [1.807, 2.05) is 20.0 Å². The molecule has 106 valence electrons. The summed E-state index contributed by atoms with van der Waals surface area (Å²) in [4.78, 5) is 10.4. The van der Waals surface area contributed by atoms with Crippen molar-refractivity contribution in [3.8, 4) is 0 Å². The summed E-state index contributed by atoms with van der Waals surface area (Å²) in [6.07, 6.45) is 3.54. The van der Waals surface area contributed by atoms with E-state index in [4.69, 9.17) is 0 Å². The van der Waals surface area contributed by atoms with Gasteiger partial charge in [0.2, 0.25) is 0 Å². The van der Waals surface area contributed by atoms with Crippen LogP contribution in [0.1, 0.15) is 25.5 Å². The number of nitrogens with one attached hydrogen (secondary N) is 1. The first kappa shape index (κ1) is 14.0. The molecule has 1 N–H and O–H groups in total. The van der Waals surface area contributed by atoms with Gasteiger partial charge in [-0.2, -0.15) is 5.10 Å². The van der Waals surface area contributed by atoms with Crippen molar-refractivity contribution in [2.75, 3.05) is 5.32 Å². The lowest BCUT2D eigenvalue weighted by Crippen LogP contribution is -2.08. The molecule has 0 aliphatic carbocycles. The van der Waals surface area contributed by atoms with E-state index in [1.165, 1.54) is 0 Å². The van der Waals surface area contributed by atoms with Gasteiger partial charge in [-0.3, -0.25) is 14.8 Å². The molecule has 1 aromatic carbocycles. The summed E-state index contributed by atoms with van der Waals surface area (Å²) < 4.78 is 15.0. The molecule has 2 rings (SSSR count). The number of aryl methyl sites for hydroxylation is 1. The van der Waals surface area contributed by atoms with Gasteiger partial charge >= 0.3 is 0 Å². The lowest BCUT2D eigenvalue weighted by molar-refractivity contribution is -0.384. The minimum absolute atomic E-state index is 0.152. The molecule has 20 heavy (non-hydrogen) atoms. The van der Waals surface area contributed by atoms with Crippen LogP contribution < -0.4 is 5.32 Å². The van der Waals surface area contributed by atoms with Crippen molar-refractivity contribution in [2.24, 2.45) is 0 Å². The highest BCUT2D eigenvalue weighted by Crippen LogP contribution is 2.28. The van der Waals surface area contributed by atoms with Gasteiger partial charge in [-0.1, -0.05) is 0 Å². The van der Waals surface area contributed by atoms with Crippen LogP contribution in [0.3, 0.4) is 0 Å². The first-order chi connectivity index (χ1) is 9.51. The first-order valence-corrected chi connectivity index (χ1v) is 6.24. The van der Waals surface area contributed by atoms with Gasteiger partial charge in [0.15, 0.2) is 0 Å². The third-order valence-electron chi connectivity index (χ3n) is 3.00. The third kappa shape index (κ3) is 2.93. The van der Waals surface area contributed by atoms with Gasteiger partial charge in [0.1, 0.15) is 11.5 Å². The van der Waals surface area contributed by atoms with Crippen molar-refractivity contribution in [1.29, 1.82) is 0 Å². The molecule has 1 heterocycles. The summed E-state index contributed by atoms with van der Waals surface area (Å²) in [5, 5.41) is 18.0. The summed E-state index contributed by atoms with van der Waals surface area (Å²) in [6.45, 7) is 4.55. The molecule has 7 heteroatoms. The Hall–Kier alpha value is -2.44. The largest absolute Gasteiger partial charge is 0.373 e. The Balaban J connectivity index is 2.24. The minimum Gasteiger partial charge on any atom is -0.373 e. The second kappa shape index (κ2) is 5.68. The van der Waals surface area contributed by atoms with Gasteiger partial charge in [0, 0.05) is 30.4 Å². The highest BCUT2D eigenvalue weighted by atomic mass is 19.1. The fourth-order valence-electron chi connectivity index (χ4n) is 1.88. The lowest BCUT2D eigenvalue weighted by Gasteiger charge is -2.13. The summed E-state index contributed by atoms with van der Waals surface area (Å²) in [7, 11) is 0. The van der Waals surface area contributed by atoms with Crippen LogP contribution in [0.2, 0.25) is 0 Å². The zero-order chi connectivity index (χ0) is 14.7. The van der Waals surface area contributed by atoms with Gasteiger partial charge in [0.25, 0.3) is 5.69 Å². The van der Waals surface area contributed by atoms with Gasteiger partial charge < -0.3 is 5.32 Å². The number of nitro benzene ring substituents is 1. The summed E-state index contributed by atoms with van der Waals surface area (Å²) in [5.41, 5.74) is 0.887. The molecular weight excluding hydrogens is 263 g/mol. The number of halogens is 1. The molecule has 0 spiro atoms. The van der Waals surface area contributed by atoms with E-state index in [2.05, 4.69) is 10.4 Å². The number of nitro groups is 1. The smallest absolute Gasteiger partial charge is 0.292 e. The van der Waals surface area contributed by atoms with Crippen LogP contribution in [0.4, 0.5) is 15.8 Å². The van der Waals surface area contributed by atoms with Crippen molar-refractivity contribution < 1.29 is 9.31 Å². The molecule has 0 amide bonds. The average Bonchev–Trinajstić information content (AvgIpc) is 2.87. The number of rotatable bonds is 5. The van der Waals surface area contributed by atoms with Crippen LogP contribution in [0, 0.1) is 15.9 Å². The van der Waals surface area contributed by atoms with E-state index < -0.39 is 10.7 Å². The zero-order valence-corrected chi connectivity index (χ0v) is 11.2. The Bertz CT molecular complexity index is 627. The van der Waals surface area contributed by atoms with Crippen molar-refractivity contribution in [2.45, 2.75) is 26.4 Å². The quantitative estimate of drug-likeness (QED) is 0.673. The number of anilines is 1. The van der Waals surface area contributed by atoms with E-state index >= 15 is 0 Å². The summed E-state index contributed by atoms with van der Waals surface area (Å²) in [6, 6.07) is 3.14. The second-order valence-corrected chi connectivity index (χ2v) is 4.41. The van der Waals surface area contributed by atoms with E-state index in [0.717, 1.165) is 30.3 Å². The lowest BCUT2D eigenvalue weighted by atomic mass is 10.1. The maximum Gasteiger partial charge on any atom is 0.292 e. The minimum atomic E-state index is -0.538. The average molecular weight is 278 g/mol. The number of hydrogen-bond acceptors (Lipinski definition) is 4. The summed E-state index contributed by atoms with van der Waals surface area (Å²) in [5.74, 6) is -0.519. The van der Waals surface area contributed by atoms with Crippen molar-refractivity contribution in [3.63, 3.8) is 0 Å². The predicted octanol–water partition coefficient (Wildman–Crippen LogP) is 3.12. The molecule has 1 aromatic heterocycles. The molecule has 0 saturated carbocycles. The standard InChI is InChI=1S/C13H15FN4O2/c1-3-17-8-10(7-15-17)9(2)16-12-6-11(14)4-5-13(12)18(19)20/h4-9,16H,3H2,1-2H3. The van der Waals surface area contributed by atoms with Crippen molar-refractivity contribution >= 4 is 11.4 Å². The van der Waals surface area contributed by atoms with Crippen LogP contribution in [-0.2, 0) is 6.54 Å². The number of hydrogen-bond donors (Lipinski definition) is 1. The second-order valence-electron chi connectivity index (χ2n) is 4.41. The molecule has 0 aliphatic rings. The van der Waals surface area contributed by atoms with E-state index in [9.17, 15) is 14.5 Å². The molecule has 1 unspecified atom stereocenters. The maximum absolute atomic E-state index is 13.2. The van der Waals surface area contributed by atoms with Crippen LogP contribution in [0.5, 0.6) is 0 Å². The van der Waals surface area contributed by atoms with Crippen molar-refractivity contribution in [3.05, 3.63) is 52.1 Å². The monoisotopic (exact) mass is 278 g/mol. The molecule has 0 bridgehead atoms. The maximum atomic E-state index is 13.2. The van der Waals surface area contributed by atoms with Gasteiger partial charge in [-0.25, -0.2) is 4.39 Å². The third-order valence-corrected chi connectivity index (χ3v) is 3.00. The van der Waals surface area contributed by atoms with Crippen LogP contribution in [0.15, 0.2) is 30.6 Å². The van der Waals surface area contributed by atoms with E-state index in [-0.39, 0.29) is 17.4 Å². The molecular formula is C13H15FN4O2. The topological polar surface area (TPSA) is 73.0 Å². The number of aromatic nitrogens is 2. The first-order valence-electron chi connectivity index (χ1n) is 6.24. The molecule has 6 nitrogen and oxygen atoms in total. The van der Waals surface area contributed by atoms with Crippen molar-refractivity contribution in [1.82, 2.24) is 9.78 Å². The number of benzene rings is 1. The molecule has 0 radical (unpaired) electrons. The Morgan fingerprint density at radius 3 is 2.90 bits per heavy atom. The van der Waals surface area contributed by atoms with Crippen LogP contribution in [0.25, 0.3) is 0 Å². The molecule has 1 atom stereocenters. The summed E-state index contributed by atoms with van der Waals surface area (Å²) >= 11 is 0. The van der Waals surface area contributed by atoms with Gasteiger partial charge in [-0.15, -0.1) is 0 Å². The molecule has 0 aliphatic heterocycles. The predicted molar refractivity (Wildman–Crippen MR) is 73.0 cm³/mol. The Morgan fingerprint density at radius 2 is 2.30 bits per heavy atom. The fourth-order valence-corrected chi connectivity index (χ4v) is 1.88. The normalized spacial score (nSPS) is 12.2.